The van der Waals surface area contributed by atoms with Gasteiger partial charge in [0.15, 0.2) is 5.78 Å². The zero-order chi connectivity index (χ0) is 20.9. The molecule has 0 saturated carbocycles. The molecule has 0 fully saturated rings. The zero-order valence-electron chi connectivity index (χ0n) is 17.3. The topological polar surface area (TPSA) is 54.1 Å². The molecule has 0 aliphatic rings. The van der Waals surface area contributed by atoms with E-state index in [-0.39, 0.29) is 5.78 Å². The van der Waals surface area contributed by atoms with Gasteiger partial charge >= 0.3 is 0 Å². The number of rotatable bonds is 8. The molecule has 0 aliphatic heterocycles. The van der Waals surface area contributed by atoms with Crippen molar-refractivity contribution in [1.29, 1.82) is 0 Å². The normalized spacial score (nSPS) is 12.1. The minimum absolute atomic E-state index is 0.0766. The number of para-hydroxylation sites is 1. The maximum absolute atomic E-state index is 13.6. The Morgan fingerprint density at radius 1 is 1.00 bits per heavy atom. The Morgan fingerprint density at radius 2 is 1.77 bits per heavy atom. The summed E-state index contributed by atoms with van der Waals surface area (Å²) in [5, 5.41) is 4.46. The second kappa shape index (κ2) is 8.97. The molecule has 152 valence electrons. The smallest absolute Gasteiger partial charge is 0.186 e. The van der Waals surface area contributed by atoms with Gasteiger partial charge in [-0.15, -0.1) is 0 Å². The molecule has 3 aromatic carbocycles. The molecule has 4 aromatic rings. The number of H-pyrrole nitrogens is 1. The highest BCUT2D eigenvalue weighted by Crippen LogP contribution is 2.26. The maximum atomic E-state index is 13.6. The van der Waals surface area contributed by atoms with Crippen molar-refractivity contribution >= 4 is 16.7 Å². The van der Waals surface area contributed by atoms with Crippen LogP contribution in [0.2, 0.25) is 0 Å². The Labute approximate surface area is 176 Å². The summed E-state index contributed by atoms with van der Waals surface area (Å²) in [5.41, 5.74) is 5.05. The second-order valence-corrected chi connectivity index (χ2v) is 7.46. The van der Waals surface area contributed by atoms with Gasteiger partial charge in [0.1, 0.15) is 5.75 Å². The van der Waals surface area contributed by atoms with Gasteiger partial charge in [0.25, 0.3) is 0 Å². The number of carbonyl (C=O) groups excluding carboxylic acids is 1. The molecule has 4 nitrogen and oxygen atoms in total. The van der Waals surface area contributed by atoms with Gasteiger partial charge in [-0.2, -0.15) is 0 Å². The molecule has 1 atom stereocenters. The van der Waals surface area contributed by atoms with Crippen LogP contribution in [0, 0.1) is 6.92 Å². The van der Waals surface area contributed by atoms with Gasteiger partial charge in [0.05, 0.1) is 13.2 Å². The number of aromatic nitrogens is 1. The van der Waals surface area contributed by atoms with Crippen LogP contribution in [0.15, 0.2) is 79.0 Å². The minimum atomic E-state index is -0.399. The molecule has 2 N–H and O–H groups in total. The quantitative estimate of drug-likeness (QED) is 0.399. The summed E-state index contributed by atoms with van der Waals surface area (Å²) >= 11 is 0. The molecule has 0 radical (unpaired) electrons. The van der Waals surface area contributed by atoms with Gasteiger partial charge in [-0.3, -0.25) is 4.79 Å². The highest BCUT2D eigenvalue weighted by atomic mass is 16.5. The molecule has 0 spiro atoms. The van der Waals surface area contributed by atoms with E-state index in [0.29, 0.717) is 6.54 Å². The van der Waals surface area contributed by atoms with Crippen LogP contribution in [0.3, 0.4) is 0 Å². The monoisotopic (exact) mass is 398 g/mol. The van der Waals surface area contributed by atoms with E-state index in [9.17, 15) is 4.79 Å². The average Bonchev–Trinajstić information content (AvgIpc) is 3.23. The first-order valence-corrected chi connectivity index (χ1v) is 10.2. The number of aryl methyl sites for hydroxylation is 1. The Balaban J connectivity index is 1.56. The summed E-state index contributed by atoms with van der Waals surface area (Å²) in [7, 11) is 1.67. The minimum Gasteiger partial charge on any atom is -0.497 e. The van der Waals surface area contributed by atoms with Crippen LogP contribution in [-0.2, 0) is 6.42 Å². The van der Waals surface area contributed by atoms with Crippen molar-refractivity contribution in [2.45, 2.75) is 19.4 Å². The SMILES string of the molecule is COc1ccc(CCN[C@@H](C(=O)c2c[nH]c3c(C)cccc23)c2ccccc2)cc1. The number of hydrogen-bond acceptors (Lipinski definition) is 3. The number of benzene rings is 3. The molecule has 4 heteroatoms. The summed E-state index contributed by atoms with van der Waals surface area (Å²) in [5.74, 6) is 0.923. The van der Waals surface area contributed by atoms with E-state index < -0.39 is 6.04 Å². The van der Waals surface area contributed by atoms with Gasteiger partial charge in [-0.1, -0.05) is 60.7 Å². The summed E-state index contributed by atoms with van der Waals surface area (Å²) in [6.45, 7) is 2.74. The van der Waals surface area contributed by atoms with Gasteiger partial charge in [0.2, 0.25) is 0 Å². The highest BCUT2D eigenvalue weighted by molar-refractivity contribution is 6.11. The van der Waals surface area contributed by atoms with Crippen LogP contribution in [0.5, 0.6) is 5.75 Å². The number of hydrogen-bond donors (Lipinski definition) is 2. The van der Waals surface area contributed by atoms with Gasteiger partial charge in [-0.25, -0.2) is 0 Å². The van der Waals surface area contributed by atoms with Crippen LogP contribution in [0.1, 0.15) is 33.1 Å². The Kier molecular flexibility index (Phi) is 5.96. The maximum Gasteiger partial charge on any atom is 0.186 e. The summed E-state index contributed by atoms with van der Waals surface area (Å²) in [6.07, 6.45) is 2.66. The van der Waals surface area contributed by atoms with Crippen LogP contribution >= 0.6 is 0 Å². The molecule has 0 aliphatic carbocycles. The van der Waals surface area contributed by atoms with E-state index in [2.05, 4.69) is 35.4 Å². The molecule has 0 unspecified atom stereocenters. The van der Waals surface area contributed by atoms with Crippen molar-refractivity contribution in [3.05, 3.63) is 101 Å². The molecule has 1 aromatic heterocycles. The first kappa shape index (κ1) is 19.9. The lowest BCUT2D eigenvalue weighted by Crippen LogP contribution is -2.30. The molecular formula is C26H26N2O2. The predicted molar refractivity (Wildman–Crippen MR) is 121 cm³/mol. The lowest BCUT2D eigenvalue weighted by molar-refractivity contribution is 0.0945. The van der Waals surface area contributed by atoms with Gasteiger partial charge in [0, 0.05) is 29.2 Å². The fourth-order valence-corrected chi connectivity index (χ4v) is 3.83. The molecule has 4 rings (SSSR count). The van der Waals surface area contributed by atoms with Gasteiger partial charge in [-0.05, 0) is 42.2 Å². The number of Topliss-reactive ketones (excluding diaryl/α,β-unsaturated/α-hetero) is 1. The van der Waals surface area contributed by atoms with E-state index in [4.69, 9.17) is 4.74 Å². The number of fused-ring (bicyclic) bond motifs is 1. The second-order valence-electron chi connectivity index (χ2n) is 7.46. The summed E-state index contributed by atoms with van der Waals surface area (Å²) in [6, 6.07) is 23.6. The third-order valence-electron chi connectivity index (χ3n) is 5.51. The predicted octanol–water partition coefficient (Wildman–Crippen LogP) is 5.24. The molecule has 1 heterocycles. The van der Waals surface area contributed by atoms with Crippen molar-refractivity contribution in [3.63, 3.8) is 0 Å². The van der Waals surface area contributed by atoms with Crippen molar-refractivity contribution in [1.82, 2.24) is 10.3 Å². The van der Waals surface area contributed by atoms with Crippen LogP contribution in [0.4, 0.5) is 0 Å². The first-order chi connectivity index (χ1) is 14.7. The largest absolute Gasteiger partial charge is 0.497 e. The lowest BCUT2D eigenvalue weighted by atomic mass is 9.96. The first-order valence-electron chi connectivity index (χ1n) is 10.2. The number of ether oxygens (including phenoxy) is 1. The molecule has 30 heavy (non-hydrogen) atoms. The molecule has 0 saturated heterocycles. The molecule has 0 bridgehead atoms. The van der Waals surface area contributed by atoms with Crippen molar-refractivity contribution in [2.24, 2.45) is 0 Å². The van der Waals surface area contributed by atoms with Crippen LogP contribution in [0.25, 0.3) is 10.9 Å². The van der Waals surface area contributed by atoms with E-state index in [1.807, 2.05) is 60.8 Å². The number of methoxy groups -OCH3 is 1. The lowest BCUT2D eigenvalue weighted by Gasteiger charge is -2.18. The third kappa shape index (κ3) is 4.14. The van der Waals surface area contributed by atoms with E-state index in [1.165, 1.54) is 5.56 Å². The summed E-state index contributed by atoms with van der Waals surface area (Å²) in [4.78, 5) is 16.8. The van der Waals surface area contributed by atoms with Crippen molar-refractivity contribution < 1.29 is 9.53 Å². The van der Waals surface area contributed by atoms with Crippen molar-refractivity contribution in [2.75, 3.05) is 13.7 Å². The fraction of sp³-hybridized carbons (Fsp3) is 0.192. The van der Waals surface area contributed by atoms with Gasteiger partial charge < -0.3 is 15.0 Å². The number of nitrogens with one attached hydrogen (secondary N) is 2. The number of aromatic amines is 1. The van der Waals surface area contributed by atoms with Crippen molar-refractivity contribution in [3.8, 4) is 5.75 Å². The highest BCUT2D eigenvalue weighted by Gasteiger charge is 2.24. The van der Waals surface area contributed by atoms with E-state index in [1.54, 1.807) is 7.11 Å². The number of carbonyl (C=O) groups is 1. The van der Waals surface area contributed by atoms with E-state index >= 15 is 0 Å². The standard InChI is InChI=1S/C26H26N2O2/c1-18-7-6-10-22-23(17-28-24(18)22)26(29)25(20-8-4-3-5-9-20)27-16-15-19-11-13-21(30-2)14-12-19/h3-14,17,25,27-28H,15-16H2,1-2H3/t25-/m1/s1. The summed E-state index contributed by atoms with van der Waals surface area (Å²) < 4.78 is 5.22. The average molecular weight is 399 g/mol. The Bertz CT molecular complexity index is 1130. The molecular weight excluding hydrogens is 372 g/mol. The number of ketones is 1. The van der Waals surface area contributed by atoms with Crippen LogP contribution in [-0.4, -0.2) is 24.4 Å². The third-order valence-corrected chi connectivity index (χ3v) is 5.51. The zero-order valence-corrected chi connectivity index (χ0v) is 17.3. The molecule has 0 amide bonds. The Morgan fingerprint density at radius 3 is 2.50 bits per heavy atom. The Hall–Kier alpha value is -3.37. The fourth-order valence-electron chi connectivity index (χ4n) is 3.83. The van der Waals surface area contributed by atoms with Crippen LogP contribution < -0.4 is 10.1 Å². The van der Waals surface area contributed by atoms with E-state index in [0.717, 1.165) is 39.8 Å².